The van der Waals surface area contributed by atoms with E-state index in [-0.39, 0.29) is 5.97 Å². The second-order valence-corrected chi connectivity index (χ2v) is 3.05. The van der Waals surface area contributed by atoms with E-state index in [2.05, 4.69) is 0 Å². The van der Waals surface area contributed by atoms with Crippen molar-refractivity contribution in [3.05, 3.63) is 23.0 Å². The summed E-state index contributed by atoms with van der Waals surface area (Å²) in [6.07, 6.45) is 4.83. The third-order valence-electron chi connectivity index (χ3n) is 2.17. The smallest absolute Gasteiger partial charge is 0.336 e. The van der Waals surface area contributed by atoms with Crippen LogP contribution in [0.2, 0.25) is 0 Å². The van der Waals surface area contributed by atoms with E-state index in [1.54, 1.807) is 6.08 Å². The summed E-state index contributed by atoms with van der Waals surface area (Å²) in [4.78, 5) is 10.8. The quantitative estimate of drug-likeness (QED) is 0.493. The summed E-state index contributed by atoms with van der Waals surface area (Å²) < 4.78 is 5.03. The Kier molecular flexibility index (Phi) is 1.34. The SMILES string of the molecule is CC1=C2OC(=O)C=C2CCC1. The molecular weight excluding hydrogens is 140 g/mol. The lowest BCUT2D eigenvalue weighted by Gasteiger charge is -2.13. The van der Waals surface area contributed by atoms with Gasteiger partial charge < -0.3 is 4.74 Å². The lowest BCUT2D eigenvalue weighted by atomic mass is 9.95. The fourth-order valence-corrected chi connectivity index (χ4v) is 1.61. The van der Waals surface area contributed by atoms with Gasteiger partial charge in [-0.15, -0.1) is 0 Å². The van der Waals surface area contributed by atoms with E-state index in [0.29, 0.717) is 0 Å². The Morgan fingerprint density at radius 1 is 1.45 bits per heavy atom. The highest BCUT2D eigenvalue weighted by Crippen LogP contribution is 2.33. The van der Waals surface area contributed by atoms with Crippen molar-refractivity contribution in [3.63, 3.8) is 0 Å². The maximum absolute atomic E-state index is 10.8. The van der Waals surface area contributed by atoms with Crippen molar-refractivity contribution in [2.24, 2.45) is 0 Å². The van der Waals surface area contributed by atoms with E-state index < -0.39 is 0 Å². The number of fused-ring (bicyclic) bond motifs is 1. The van der Waals surface area contributed by atoms with Crippen LogP contribution in [0, 0.1) is 0 Å². The van der Waals surface area contributed by atoms with Gasteiger partial charge in [0.25, 0.3) is 0 Å². The fraction of sp³-hybridized carbons (Fsp3) is 0.444. The predicted molar refractivity (Wildman–Crippen MR) is 40.7 cm³/mol. The predicted octanol–water partition coefficient (Wildman–Crippen LogP) is 1.93. The zero-order valence-electron chi connectivity index (χ0n) is 6.52. The van der Waals surface area contributed by atoms with Crippen molar-refractivity contribution in [3.8, 4) is 0 Å². The van der Waals surface area contributed by atoms with Crippen molar-refractivity contribution in [2.75, 3.05) is 0 Å². The molecule has 1 aliphatic carbocycles. The number of carbonyl (C=O) groups is 1. The maximum Gasteiger partial charge on any atom is 0.336 e. The molecule has 0 atom stereocenters. The van der Waals surface area contributed by atoms with E-state index in [1.807, 2.05) is 6.92 Å². The van der Waals surface area contributed by atoms with Crippen molar-refractivity contribution >= 4 is 5.97 Å². The molecule has 0 bridgehead atoms. The van der Waals surface area contributed by atoms with Gasteiger partial charge >= 0.3 is 5.97 Å². The number of carbonyl (C=O) groups excluding carboxylic acids is 1. The molecule has 0 radical (unpaired) electrons. The Hall–Kier alpha value is -1.05. The Labute approximate surface area is 65.5 Å². The molecule has 0 fully saturated rings. The van der Waals surface area contributed by atoms with Gasteiger partial charge in [0.1, 0.15) is 5.76 Å². The van der Waals surface area contributed by atoms with Crippen LogP contribution in [-0.4, -0.2) is 5.97 Å². The minimum absolute atomic E-state index is 0.198. The van der Waals surface area contributed by atoms with Crippen LogP contribution in [0.1, 0.15) is 26.2 Å². The Bertz CT molecular complexity index is 271. The van der Waals surface area contributed by atoms with Crippen LogP contribution in [0.3, 0.4) is 0 Å². The summed E-state index contributed by atoms with van der Waals surface area (Å²) in [5.41, 5.74) is 2.31. The highest BCUT2D eigenvalue weighted by atomic mass is 16.5. The van der Waals surface area contributed by atoms with Crippen LogP contribution >= 0.6 is 0 Å². The molecule has 0 saturated carbocycles. The molecule has 2 rings (SSSR count). The van der Waals surface area contributed by atoms with Crippen LogP contribution in [0.5, 0.6) is 0 Å². The molecule has 0 unspecified atom stereocenters. The topological polar surface area (TPSA) is 26.3 Å². The van der Waals surface area contributed by atoms with Crippen molar-refractivity contribution in [2.45, 2.75) is 26.2 Å². The monoisotopic (exact) mass is 150 g/mol. The van der Waals surface area contributed by atoms with Gasteiger partial charge in [-0.2, -0.15) is 0 Å². The fourth-order valence-electron chi connectivity index (χ4n) is 1.61. The molecule has 0 spiro atoms. The van der Waals surface area contributed by atoms with Crippen LogP contribution in [0.25, 0.3) is 0 Å². The number of esters is 1. The molecule has 0 amide bonds. The van der Waals surface area contributed by atoms with Crippen molar-refractivity contribution in [1.82, 2.24) is 0 Å². The molecule has 0 aromatic carbocycles. The molecule has 1 heterocycles. The summed E-state index contributed by atoms with van der Waals surface area (Å²) >= 11 is 0. The Balaban J connectivity index is 2.43. The van der Waals surface area contributed by atoms with Crippen LogP contribution in [0.15, 0.2) is 23.0 Å². The van der Waals surface area contributed by atoms with E-state index in [0.717, 1.165) is 30.6 Å². The van der Waals surface area contributed by atoms with E-state index in [4.69, 9.17) is 4.74 Å². The van der Waals surface area contributed by atoms with E-state index in [9.17, 15) is 4.79 Å². The third kappa shape index (κ3) is 0.985. The second kappa shape index (κ2) is 2.22. The van der Waals surface area contributed by atoms with Crippen LogP contribution in [0.4, 0.5) is 0 Å². The molecular formula is C9H10O2. The van der Waals surface area contributed by atoms with Gasteiger partial charge in [0, 0.05) is 11.6 Å². The van der Waals surface area contributed by atoms with Gasteiger partial charge in [-0.3, -0.25) is 0 Å². The summed E-state index contributed by atoms with van der Waals surface area (Å²) in [6, 6.07) is 0. The zero-order chi connectivity index (χ0) is 7.84. The standard InChI is InChI=1S/C9H10O2/c1-6-3-2-4-7-5-8(10)11-9(6)7/h5H,2-4H2,1H3. The molecule has 0 saturated heterocycles. The first kappa shape index (κ1) is 6.65. The average Bonchev–Trinajstić information content (AvgIpc) is 2.31. The van der Waals surface area contributed by atoms with Gasteiger partial charge in [0.15, 0.2) is 0 Å². The second-order valence-electron chi connectivity index (χ2n) is 3.05. The Morgan fingerprint density at radius 3 is 3.00 bits per heavy atom. The normalized spacial score (nSPS) is 23.0. The molecule has 0 aromatic rings. The molecule has 2 nitrogen and oxygen atoms in total. The molecule has 0 aromatic heterocycles. The minimum atomic E-state index is -0.198. The summed E-state index contributed by atoms with van der Waals surface area (Å²) in [5.74, 6) is 0.650. The molecule has 11 heavy (non-hydrogen) atoms. The highest BCUT2D eigenvalue weighted by Gasteiger charge is 2.24. The first-order chi connectivity index (χ1) is 5.27. The first-order valence-electron chi connectivity index (χ1n) is 3.90. The highest BCUT2D eigenvalue weighted by molar-refractivity contribution is 5.88. The first-order valence-corrected chi connectivity index (χ1v) is 3.90. The number of ether oxygens (including phenoxy) is 1. The van der Waals surface area contributed by atoms with Crippen molar-refractivity contribution < 1.29 is 9.53 Å². The van der Waals surface area contributed by atoms with Crippen LogP contribution < -0.4 is 0 Å². The van der Waals surface area contributed by atoms with E-state index in [1.165, 1.54) is 5.57 Å². The van der Waals surface area contributed by atoms with Crippen LogP contribution in [-0.2, 0) is 9.53 Å². The van der Waals surface area contributed by atoms with Gasteiger partial charge in [-0.05, 0) is 31.8 Å². The average molecular weight is 150 g/mol. The minimum Gasteiger partial charge on any atom is -0.423 e. The van der Waals surface area contributed by atoms with Gasteiger partial charge in [0.05, 0.1) is 0 Å². The third-order valence-corrected chi connectivity index (χ3v) is 2.17. The van der Waals surface area contributed by atoms with Gasteiger partial charge in [0.2, 0.25) is 0 Å². The van der Waals surface area contributed by atoms with Crippen molar-refractivity contribution in [1.29, 1.82) is 0 Å². The number of allylic oxidation sites excluding steroid dienone is 2. The summed E-state index contributed by atoms with van der Waals surface area (Å²) in [5, 5.41) is 0. The summed E-state index contributed by atoms with van der Waals surface area (Å²) in [6.45, 7) is 2.03. The Morgan fingerprint density at radius 2 is 2.27 bits per heavy atom. The summed E-state index contributed by atoms with van der Waals surface area (Å²) in [7, 11) is 0. The molecule has 0 N–H and O–H groups in total. The maximum atomic E-state index is 10.8. The molecule has 58 valence electrons. The van der Waals surface area contributed by atoms with Gasteiger partial charge in [-0.25, -0.2) is 4.79 Å². The zero-order valence-corrected chi connectivity index (χ0v) is 6.52. The largest absolute Gasteiger partial charge is 0.423 e. The number of rotatable bonds is 0. The number of hydrogen-bond donors (Lipinski definition) is 0. The molecule has 2 aliphatic rings. The van der Waals surface area contributed by atoms with Gasteiger partial charge in [-0.1, -0.05) is 0 Å². The molecule has 2 heteroatoms. The molecule has 1 aliphatic heterocycles. The van der Waals surface area contributed by atoms with E-state index >= 15 is 0 Å². The number of hydrogen-bond acceptors (Lipinski definition) is 2. The lowest BCUT2D eigenvalue weighted by Crippen LogP contribution is -1.99. The lowest BCUT2D eigenvalue weighted by molar-refractivity contribution is -0.132.